The van der Waals surface area contributed by atoms with E-state index in [9.17, 15) is 0 Å². The number of fused-ring (bicyclic) bond motifs is 1. The third-order valence-electron chi connectivity index (χ3n) is 3.62. The molecule has 2 aromatic heterocycles. The number of oxime groups is 1. The molecule has 4 nitrogen and oxygen atoms in total. The van der Waals surface area contributed by atoms with Gasteiger partial charge in [0.15, 0.2) is 0 Å². The van der Waals surface area contributed by atoms with Gasteiger partial charge in [0.1, 0.15) is 18.5 Å². The third-order valence-corrected chi connectivity index (χ3v) is 4.90. The maximum atomic E-state index is 5.94. The van der Waals surface area contributed by atoms with E-state index in [1.807, 2.05) is 37.4 Å². The Labute approximate surface area is 150 Å². The van der Waals surface area contributed by atoms with Gasteiger partial charge in [-0.25, -0.2) is 4.98 Å². The van der Waals surface area contributed by atoms with Crippen LogP contribution in [-0.4, -0.2) is 28.0 Å². The Hall–Kier alpha value is -1.98. The van der Waals surface area contributed by atoms with E-state index in [-0.39, 0.29) is 0 Å². The molecule has 0 saturated carbocycles. The first-order valence-electron chi connectivity index (χ1n) is 7.52. The lowest BCUT2D eigenvalue weighted by atomic mass is 10.2. The minimum atomic E-state index is 0.679. The standard InChI is InChI=1S/C18H18ClN3OS/c1-12-8-9-22-17(10-12)20-13(2)18(22)16(21-23-3)11-24-15-6-4-14(19)5-7-15/h4-10H,11H2,1-3H3/b21-16-. The summed E-state index contributed by atoms with van der Waals surface area (Å²) >= 11 is 7.62. The van der Waals surface area contributed by atoms with Crippen molar-refractivity contribution in [2.75, 3.05) is 12.9 Å². The highest BCUT2D eigenvalue weighted by Gasteiger charge is 2.16. The van der Waals surface area contributed by atoms with Gasteiger partial charge in [0.2, 0.25) is 0 Å². The van der Waals surface area contributed by atoms with Crippen molar-refractivity contribution in [1.29, 1.82) is 0 Å². The number of hydrogen-bond acceptors (Lipinski definition) is 4. The molecule has 0 fully saturated rings. The summed E-state index contributed by atoms with van der Waals surface area (Å²) in [5.74, 6) is 0.679. The molecular formula is C18H18ClN3OS. The highest BCUT2D eigenvalue weighted by atomic mass is 35.5. The van der Waals surface area contributed by atoms with Crippen molar-refractivity contribution >= 4 is 34.7 Å². The van der Waals surface area contributed by atoms with E-state index >= 15 is 0 Å². The molecule has 3 rings (SSSR count). The Morgan fingerprint density at radius 2 is 2.00 bits per heavy atom. The predicted molar refractivity (Wildman–Crippen MR) is 100 cm³/mol. The monoisotopic (exact) mass is 359 g/mol. The van der Waals surface area contributed by atoms with Crippen LogP contribution >= 0.6 is 23.4 Å². The highest BCUT2D eigenvalue weighted by Crippen LogP contribution is 2.23. The molecule has 0 unspecified atom stereocenters. The summed E-state index contributed by atoms with van der Waals surface area (Å²) in [5.41, 5.74) is 4.87. The van der Waals surface area contributed by atoms with E-state index in [1.165, 1.54) is 5.56 Å². The van der Waals surface area contributed by atoms with E-state index in [0.29, 0.717) is 5.75 Å². The molecule has 0 N–H and O–H groups in total. The molecule has 0 aliphatic heterocycles. The smallest absolute Gasteiger partial charge is 0.137 e. The third kappa shape index (κ3) is 3.57. The topological polar surface area (TPSA) is 38.9 Å². The molecule has 6 heteroatoms. The Balaban J connectivity index is 1.92. The Morgan fingerprint density at radius 3 is 2.71 bits per heavy atom. The van der Waals surface area contributed by atoms with Crippen LogP contribution in [0.4, 0.5) is 0 Å². The molecule has 0 saturated heterocycles. The molecule has 2 heterocycles. The molecule has 0 aliphatic rings. The van der Waals surface area contributed by atoms with Gasteiger partial charge in [0.05, 0.1) is 11.4 Å². The SMILES string of the molecule is CO/N=C(/CSc1ccc(Cl)cc1)c1c(C)nc2cc(C)ccn12. The summed E-state index contributed by atoms with van der Waals surface area (Å²) in [6.45, 7) is 4.06. The number of aromatic nitrogens is 2. The number of pyridine rings is 1. The number of halogens is 1. The van der Waals surface area contributed by atoms with Crippen LogP contribution in [0.5, 0.6) is 0 Å². The zero-order valence-electron chi connectivity index (χ0n) is 13.8. The minimum absolute atomic E-state index is 0.679. The van der Waals surface area contributed by atoms with Crippen molar-refractivity contribution < 1.29 is 4.84 Å². The van der Waals surface area contributed by atoms with Crippen molar-refractivity contribution in [2.45, 2.75) is 18.7 Å². The van der Waals surface area contributed by atoms with Crippen LogP contribution in [0.25, 0.3) is 5.65 Å². The van der Waals surface area contributed by atoms with E-state index in [2.05, 4.69) is 33.6 Å². The van der Waals surface area contributed by atoms with Gasteiger partial charge >= 0.3 is 0 Å². The summed E-state index contributed by atoms with van der Waals surface area (Å²) in [6, 6.07) is 11.9. The molecule has 24 heavy (non-hydrogen) atoms. The fourth-order valence-electron chi connectivity index (χ4n) is 2.54. The molecule has 124 valence electrons. The number of benzene rings is 1. The van der Waals surface area contributed by atoms with E-state index in [0.717, 1.165) is 32.7 Å². The zero-order chi connectivity index (χ0) is 17.1. The first-order chi connectivity index (χ1) is 11.6. The summed E-state index contributed by atoms with van der Waals surface area (Å²) in [6.07, 6.45) is 2.03. The van der Waals surface area contributed by atoms with Crippen molar-refractivity contribution in [2.24, 2.45) is 5.16 Å². The number of rotatable bonds is 5. The molecule has 0 radical (unpaired) electrons. The minimum Gasteiger partial charge on any atom is -0.399 e. The normalized spacial score (nSPS) is 11.9. The maximum Gasteiger partial charge on any atom is 0.137 e. The van der Waals surface area contributed by atoms with Gasteiger partial charge in [-0.2, -0.15) is 0 Å². The number of thioether (sulfide) groups is 1. The van der Waals surface area contributed by atoms with Gasteiger partial charge in [-0.15, -0.1) is 11.8 Å². The van der Waals surface area contributed by atoms with Gasteiger partial charge in [0.25, 0.3) is 0 Å². The second kappa shape index (κ2) is 7.28. The zero-order valence-corrected chi connectivity index (χ0v) is 15.4. The molecule has 0 atom stereocenters. The van der Waals surface area contributed by atoms with Crippen LogP contribution < -0.4 is 0 Å². The Bertz CT molecular complexity index is 887. The van der Waals surface area contributed by atoms with Gasteiger partial charge in [-0.1, -0.05) is 16.8 Å². The van der Waals surface area contributed by atoms with E-state index < -0.39 is 0 Å². The summed E-state index contributed by atoms with van der Waals surface area (Å²) in [4.78, 5) is 10.8. The van der Waals surface area contributed by atoms with E-state index in [4.69, 9.17) is 16.4 Å². The van der Waals surface area contributed by atoms with Crippen LogP contribution in [-0.2, 0) is 4.84 Å². The summed E-state index contributed by atoms with van der Waals surface area (Å²) in [7, 11) is 1.57. The lowest BCUT2D eigenvalue weighted by molar-refractivity contribution is 0.213. The average Bonchev–Trinajstić information content (AvgIpc) is 2.88. The van der Waals surface area contributed by atoms with Crippen molar-refractivity contribution in [3.8, 4) is 0 Å². The largest absolute Gasteiger partial charge is 0.399 e. The van der Waals surface area contributed by atoms with Crippen molar-refractivity contribution in [3.63, 3.8) is 0 Å². The van der Waals surface area contributed by atoms with Gasteiger partial charge in [-0.05, 0) is 55.8 Å². The van der Waals surface area contributed by atoms with Crippen LogP contribution in [0.3, 0.4) is 0 Å². The van der Waals surface area contributed by atoms with Crippen LogP contribution in [0.15, 0.2) is 52.6 Å². The van der Waals surface area contributed by atoms with E-state index in [1.54, 1.807) is 18.9 Å². The lowest BCUT2D eigenvalue weighted by Gasteiger charge is -2.08. The quantitative estimate of drug-likeness (QED) is 0.375. The predicted octanol–water partition coefficient (Wildman–Crippen LogP) is 4.75. The second-order valence-electron chi connectivity index (χ2n) is 5.44. The van der Waals surface area contributed by atoms with Crippen LogP contribution in [0, 0.1) is 13.8 Å². The van der Waals surface area contributed by atoms with Crippen molar-refractivity contribution in [3.05, 3.63) is 64.6 Å². The van der Waals surface area contributed by atoms with Crippen LogP contribution in [0.2, 0.25) is 5.02 Å². The number of nitrogens with zero attached hydrogens (tertiary/aromatic N) is 3. The molecule has 0 amide bonds. The first-order valence-corrected chi connectivity index (χ1v) is 8.89. The summed E-state index contributed by atoms with van der Waals surface area (Å²) < 4.78 is 2.06. The molecule has 0 bridgehead atoms. The number of aryl methyl sites for hydroxylation is 2. The summed E-state index contributed by atoms with van der Waals surface area (Å²) in [5, 5.41) is 4.98. The molecule has 1 aromatic carbocycles. The number of hydrogen-bond donors (Lipinski definition) is 0. The van der Waals surface area contributed by atoms with Crippen LogP contribution in [0.1, 0.15) is 17.0 Å². The van der Waals surface area contributed by atoms with Gasteiger partial charge in [-0.3, -0.25) is 4.40 Å². The highest BCUT2D eigenvalue weighted by molar-refractivity contribution is 8.00. The number of imidazole rings is 1. The first kappa shape index (κ1) is 16.9. The Kier molecular flexibility index (Phi) is 5.11. The fourth-order valence-corrected chi connectivity index (χ4v) is 3.49. The van der Waals surface area contributed by atoms with Crippen molar-refractivity contribution in [1.82, 2.24) is 9.38 Å². The van der Waals surface area contributed by atoms with Gasteiger partial charge < -0.3 is 4.84 Å². The molecule has 0 spiro atoms. The lowest BCUT2D eigenvalue weighted by Crippen LogP contribution is -2.10. The Morgan fingerprint density at radius 1 is 1.25 bits per heavy atom. The second-order valence-corrected chi connectivity index (χ2v) is 6.93. The molecule has 0 aliphatic carbocycles. The maximum absolute atomic E-state index is 5.94. The molecular weight excluding hydrogens is 342 g/mol. The fraction of sp³-hybridized carbons (Fsp3) is 0.222. The average molecular weight is 360 g/mol. The van der Waals surface area contributed by atoms with Gasteiger partial charge in [0, 0.05) is 21.9 Å². The molecule has 3 aromatic rings.